The lowest BCUT2D eigenvalue weighted by molar-refractivity contribution is 0.410. The molecule has 0 atom stereocenters. The summed E-state index contributed by atoms with van der Waals surface area (Å²) in [4.78, 5) is 3.85. The van der Waals surface area contributed by atoms with E-state index in [1.807, 2.05) is 6.92 Å². The van der Waals surface area contributed by atoms with E-state index in [4.69, 9.17) is 10.1 Å². The molecule has 0 spiro atoms. The van der Waals surface area contributed by atoms with E-state index >= 15 is 0 Å². The Hall–Kier alpha value is -1.12. The molecule has 3 nitrogen and oxygen atoms in total. The highest BCUT2D eigenvalue weighted by molar-refractivity contribution is 6.36. The maximum atomic E-state index is 7.14. The Balaban J connectivity index is 4.18. The summed E-state index contributed by atoms with van der Waals surface area (Å²) >= 11 is 0. The first-order valence-corrected chi connectivity index (χ1v) is 3.00. The number of nitrogens with zero attached hydrogens (tertiary/aromatic N) is 1. The van der Waals surface area contributed by atoms with Crippen molar-refractivity contribution < 1.29 is 4.74 Å². The fourth-order valence-electron chi connectivity index (χ4n) is 0.445. The van der Waals surface area contributed by atoms with Crippen LogP contribution in [0.15, 0.2) is 17.3 Å². The molecule has 0 amide bonds. The molecule has 56 valence electrons. The van der Waals surface area contributed by atoms with Crippen molar-refractivity contribution in [3.63, 3.8) is 0 Å². The van der Waals surface area contributed by atoms with Gasteiger partial charge < -0.3 is 4.74 Å². The quantitative estimate of drug-likeness (QED) is 0.459. The van der Waals surface area contributed by atoms with Gasteiger partial charge in [0.15, 0.2) is 0 Å². The molecule has 0 aliphatic heterocycles. The molecule has 0 rings (SSSR count). The van der Waals surface area contributed by atoms with Crippen LogP contribution in [0.25, 0.3) is 0 Å². The zero-order valence-electron chi connectivity index (χ0n) is 6.51. The minimum atomic E-state index is 0.334. The van der Waals surface area contributed by atoms with Crippen molar-refractivity contribution in [2.45, 2.75) is 13.8 Å². The molecule has 0 aliphatic carbocycles. The second-order valence-corrected chi connectivity index (χ2v) is 1.75. The standard InChI is InChI=1S/C7H12N2O/c1-4-5-9-7(10-3)6(2)8/h4-5,8H,1-3H3/b5-4-,8-6?,9-7?. The molecule has 0 saturated heterocycles. The van der Waals surface area contributed by atoms with Crippen molar-refractivity contribution in [2.24, 2.45) is 4.99 Å². The van der Waals surface area contributed by atoms with Gasteiger partial charge in [0.05, 0.1) is 12.8 Å². The van der Waals surface area contributed by atoms with Gasteiger partial charge in [-0.15, -0.1) is 0 Å². The van der Waals surface area contributed by atoms with E-state index in [1.54, 1.807) is 19.2 Å². The summed E-state index contributed by atoms with van der Waals surface area (Å²) in [6.07, 6.45) is 3.37. The van der Waals surface area contributed by atoms with Crippen molar-refractivity contribution in [1.29, 1.82) is 5.41 Å². The molecule has 1 N–H and O–H groups in total. The molecule has 0 heterocycles. The molecule has 3 heteroatoms. The minimum Gasteiger partial charge on any atom is -0.480 e. The molecular formula is C7H12N2O. The Morgan fingerprint density at radius 2 is 2.20 bits per heavy atom. The number of hydrogen-bond donors (Lipinski definition) is 1. The largest absolute Gasteiger partial charge is 0.480 e. The number of ether oxygens (including phenoxy) is 1. The van der Waals surface area contributed by atoms with E-state index < -0.39 is 0 Å². The van der Waals surface area contributed by atoms with Crippen molar-refractivity contribution in [2.75, 3.05) is 7.11 Å². The number of hydrogen-bond acceptors (Lipinski definition) is 3. The summed E-state index contributed by atoms with van der Waals surface area (Å²) < 4.78 is 4.79. The maximum Gasteiger partial charge on any atom is 0.234 e. The third-order valence-electron chi connectivity index (χ3n) is 0.855. The van der Waals surface area contributed by atoms with Crippen molar-refractivity contribution in [1.82, 2.24) is 0 Å². The van der Waals surface area contributed by atoms with Crippen LogP contribution < -0.4 is 0 Å². The van der Waals surface area contributed by atoms with Crippen LogP contribution in [0.3, 0.4) is 0 Å². The number of aliphatic imine (C=N–C) groups is 1. The molecule has 0 unspecified atom stereocenters. The van der Waals surface area contributed by atoms with E-state index in [0.717, 1.165) is 0 Å². The molecular weight excluding hydrogens is 128 g/mol. The molecule has 0 saturated carbocycles. The van der Waals surface area contributed by atoms with Gasteiger partial charge in [-0.2, -0.15) is 0 Å². The fraction of sp³-hybridized carbons (Fsp3) is 0.429. The van der Waals surface area contributed by atoms with Crippen LogP contribution in [-0.4, -0.2) is 18.7 Å². The summed E-state index contributed by atoms with van der Waals surface area (Å²) in [6, 6.07) is 0. The van der Waals surface area contributed by atoms with Crippen LogP contribution in [0.5, 0.6) is 0 Å². The molecule has 10 heavy (non-hydrogen) atoms. The van der Waals surface area contributed by atoms with Crippen LogP contribution in [0, 0.1) is 5.41 Å². The first kappa shape index (κ1) is 8.88. The Morgan fingerprint density at radius 1 is 1.60 bits per heavy atom. The molecule has 0 fully saturated rings. The highest BCUT2D eigenvalue weighted by Gasteiger charge is 1.96. The SMILES string of the molecule is C/C=C\N=C(OC)C(C)=N. The smallest absolute Gasteiger partial charge is 0.234 e. The molecule has 0 aromatic carbocycles. The monoisotopic (exact) mass is 140 g/mol. The number of nitrogens with one attached hydrogen (secondary N) is 1. The summed E-state index contributed by atoms with van der Waals surface area (Å²) in [5.74, 6) is 0.359. The first-order chi connectivity index (χ1) is 4.72. The fourth-order valence-corrected chi connectivity index (χ4v) is 0.445. The van der Waals surface area contributed by atoms with Crippen LogP contribution in [-0.2, 0) is 4.74 Å². The highest BCUT2D eigenvalue weighted by atomic mass is 16.5. The van der Waals surface area contributed by atoms with Gasteiger partial charge in [-0.25, -0.2) is 4.99 Å². The lowest BCUT2D eigenvalue weighted by Crippen LogP contribution is -2.10. The summed E-state index contributed by atoms with van der Waals surface area (Å²) in [5, 5.41) is 7.14. The average Bonchev–Trinajstić information content (AvgIpc) is 1.89. The number of allylic oxidation sites excluding steroid dienone is 1. The van der Waals surface area contributed by atoms with Gasteiger partial charge in [-0.05, 0) is 13.8 Å². The topological polar surface area (TPSA) is 45.4 Å². The number of methoxy groups -OCH3 is 1. The minimum absolute atomic E-state index is 0.334. The predicted molar refractivity (Wildman–Crippen MR) is 42.7 cm³/mol. The lowest BCUT2D eigenvalue weighted by atomic mass is 10.4. The Kier molecular flexibility index (Phi) is 4.20. The Labute approximate surface area is 60.9 Å². The van der Waals surface area contributed by atoms with Crippen molar-refractivity contribution in [3.8, 4) is 0 Å². The third-order valence-corrected chi connectivity index (χ3v) is 0.855. The Bertz CT molecular complexity index is 170. The van der Waals surface area contributed by atoms with Crippen LogP contribution in [0.1, 0.15) is 13.8 Å². The van der Waals surface area contributed by atoms with Crippen molar-refractivity contribution >= 4 is 11.6 Å². The summed E-state index contributed by atoms with van der Waals surface area (Å²) in [6.45, 7) is 3.49. The van der Waals surface area contributed by atoms with Crippen LogP contribution in [0.4, 0.5) is 0 Å². The van der Waals surface area contributed by atoms with Crippen LogP contribution in [0.2, 0.25) is 0 Å². The summed E-state index contributed by atoms with van der Waals surface area (Å²) in [5.41, 5.74) is 0.334. The maximum absolute atomic E-state index is 7.14. The Morgan fingerprint density at radius 3 is 2.50 bits per heavy atom. The predicted octanol–water partition coefficient (Wildman–Crippen LogP) is 1.60. The van der Waals surface area contributed by atoms with Gasteiger partial charge >= 0.3 is 0 Å². The van der Waals surface area contributed by atoms with E-state index in [0.29, 0.717) is 11.6 Å². The van der Waals surface area contributed by atoms with Gasteiger partial charge in [-0.3, -0.25) is 5.41 Å². The summed E-state index contributed by atoms with van der Waals surface area (Å²) in [7, 11) is 1.50. The third kappa shape index (κ3) is 3.02. The number of rotatable bonds is 2. The molecule has 0 radical (unpaired) electrons. The average molecular weight is 140 g/mol. The van der Waals surface area contributed by atoms with Gasteiger partial charge in [0, 0.05) is 6.20 Å². The second kappa shape index (κ2) is 4.73. The molecule has 0 bridgehead atoms. The second-order valence-electron chi connectivity index (χ2n) is 1.75. The van der Waals surface area contributed by atoms with Crippen LogP contribution >= 0.6 is 0 Å². The molecule has 0 aromatic rings. The van der Waals surface area contributed by atoms with Gasteiger partial charge in [0.2, 0.25) is 5.90 Å². The zero-order chi connectivity index (χ0) is 7.98. The zero-order valence-corrected chi connectivity index (χ0v) is 6.51. The van der Waals surface area contributed by atoms with E-state index in [2.05, 4.69) is 4.99 Å². The van der Waals surface area contributed by atoms with Gasteiger partial charge in [-0.1, -0.05) is 6.08 Å². The van der Waals surface area contributed by atoms with E-state index in [9.17, 15) is 0 Å². The van der Waals surface area contributed by atoms with Gasteiger partial charge in [0.1, 0.15) is 0 Å². The van der Waals surface area contributed by atoms with E-state index in [1.165, 1.54) is 7.11 Å². The van der Waals surface area contributed by atoms with Gasteiger partial charge in [0.25, 0.3) is 0 Å². The van der Waals surface area contributed by atoms with E-state index in [-0.39, 0.29) is 0 Å². The van der Waals surface area contributed by atoms with Crippen molar-refractivity contribution in [3.05, 3.63) is 12.3 Å². The molecule has 0 aliphatic rings. The lowest BCUT2D eigenvalue weighted by Gasteiger charge is -1.98. The normalized spacial score (nSPS) is 12.1. The first-order valence-electron chi connectivity index (χ1n) is 3.00. The highest BCUT2D eigenvalue weighted by Crippen LogP contribution is 1.84. The molecule has 0 aromatic heterocycles.